The number of nitrogens with one attached hydrogen (secondary N) is 1. The number of hydrogen-bond acceptors (Lipinski definition) is 6. The van der Waals surface area contributed by atoms with Crippen LogP contribution >= 0.6 is 61.1 Å². The maximum atomic E-state index is 13.2. The van der Waals surface area contributed by atoms with Gasteiger partial charge in [0.1, 0.15) is 17.9 Å². The van der Waals surface area contributed by atoms with Crippen molar-refractivity contribution in [3.63, 3.8) is 0 Å². The third-order valence-electron chi connectivity index (χ3n) is 5.34. The topological polar surface area (TPSA) is 119 Å². The van der Waals surface area contributed by atoms with Gasteiger partial charge in [0.15, 0.2) is 0 Å². The molecule has 1 saturated heterocycles. The lowest BCUT2D eigenvalue weighted by molar-refractivity contribution is -0.384. The van der Waals surface area contributed by atoms with Gasteiger partial charge < -0.3 is 4.74 Å². The van der Waals surface area contributed by atoms with E-state index >= 15 is 0 Å². The number of hydrogen-bond donors (Lipinski definition) is 1. The molecule has 0 spiro atoms. The van der Waals surface area contributed by atoms with Crippen LogP contribution in [0.2, 0.25) is 0 Å². The molecule has 3 aromatic carbocycles. The Morgan fingerprint density at radius 3 is 2.43 bits per heavy atom. The summed E-state index contributed by atoms with van der Waals surface area (Å²) in [5.74, 6) is -0.945. The summed E-state index contributed by atoms with van der Waals surface area (Å²) in [4.78, 5) is 49.7. The number of non-ortho nitro benzene ring substituents is 1. The normalized spacial score (nSPS) is 14.6. The number of ether oxygens (including phenoxy) is 1. The molecule has 3 aromatic rings. The van der Waals surface area contributed by atoms with Crippen LogP contribution in [0.5, 0.6) is 5.75 Å². The number of nitro groups is 1. The highest BCUT2D eigenvalue weighted by molar-refractivity contribution is 14.1. The molecular weight excluding hydrogens is 772 g/mol. The third kappa shape index (κ3) is 6.01. The number of carbonyl (C=O) groups is 3. The molecule has 12 heteroatoms. The minimum atomic E-state index is -0.817. The Labute approximate surface area is 246 Å². The van der Waals surface area contributed by atoms with Crippen LogP contribution in [0.3, 0.4) is 0 Å². The molecular formula is C25H16BrI2N3O6. The third-order valence-corrected chi connectivity index (χ3v) is 7.83. The van der Waals surface area contributed by atoms with Gasteiger partial charge in [-0.3, -0.25) is 25.0 Å². The van der Waals surface area contributed by atoms with Gasteiger partial charge in [-0.15, -0.1) is 0 Å². The van der Waals surface area contributed by atoms with Crippen LogP contribution < -0.4 is 15.0 Å². The summed E-state index contributed by atoms with van der Waals surface area (Å²) in [6.45, 7) is 1.95. The number of rotatable bonds is 6. The molecule has 0 saturated carbocycles. The zero-order valence-corrected chi connectivity index (χ0v) is 24.9. The van der Waals surface area contributed by atoms with Gasteiger partial charge >= 0.3 is 6.03 Å². The summed E-state index contributed by atoms with van der Waals surface area (Å²) in [7, 11) is 0. The highest BCUT2D eigenvalue weighted by Crippen LogP contribution is 2.32. The number of barbiturate groups is 1. The van der Waals surface area contributed by atoms with Gasteiger partial charge in [0, 0.05) is 16.6 Å². The van der Waals surface area contributed by atoms with Crippen LogP contribution in [-0.4, -0.2) is 22.8 Å². The van der Waals surface area contributed by atoms with Crippen molar-refractivity contribution in [2.75, 3.05) is 4.90 Å². The molecule has 0 bridgehead atoms. The number of benzene rings is 3. The number of nitro benzene ring substituents is 1. The Bertz CT molecular complexity index is 1480. The molecule has 37 heavy (non-hydrogen) atoms. The predicted octanol–water partition coefficient (Wildman–Crippen LogP) is 6.12. The van der Waals surface area contributed by atoms with E-state index in [0.717, 1.165) is 14.9 Å². The Balaban J connectivity index is 1.60. The van der Waals surface area contributed by atoms with Crippen LogP contribution in [-0.2, 0) is 16.2 Å². The monoisotopic (exact) mass is 787 g/mol. The first-order valence-electron chi connectivity index (χ1n) is 10.6. The van der Waals surface area contributed by atoms with E-state index in [1.165, 1.54) is 18.2 Å². The van der Waals surface area contributed by atoms with E-state index in [4.69, 9.17) is 4.74 Å². The fraction of sp³-hybridized carbons (Fsp3) is 0.0800. The van der Waals surface area contributed by atoms with Crippen molar-refractivity contribution in [1.82, 2.24) is 5.32 Å². The van der Waals surface area contributed by atoms with Gasteiger partial charge in [0.25, 0.3) is 17.5 Å². The van der Waals surface area contributed by atoms with Crippen molar-refractivity contribution >= 4 is 96.4 Å². The minimum absolute atomic E-state index is 0.0197. The van der Waals surface area contributed by atoms with Gasteiger partial charge in [-0.1, -0.05) is 28.1 Å². The lowest BCUT2D eigenvalue weighted by Gasteiger charge is -2.26. The lowest BCUT2D eigenvalue weighted by atomic mass is 10.1. The number of aryl methyl sites for hydroxylation is 1. The van der Waals surface area contributed by atoms with E-state index in [9.17, 15) is 24.5 Å². The van der Waals surface area contributed by atoms with E-state index in [0.29, 0.717) is 29.7 Å². The SMILES string of the molecule is Cc1cc(N2C(=O)NC(=O)/C(=C\c3cc(I)c(OCc4cccc([N+](=O)[O-])c4)c(I)c3)C2=O)ccc1Br. The van der Waals surface area contributed by atoms with Crippen LogP contribution in [0, 0.1) is 24.2 Å². The largest absolute Gasteiger partial charge is 0.487 e. The molecule has 0 radical (unpaired) electrons. The van der Waals surface area contributed by atoms with Gasteiger partial charge in [-0.05, 0) is 105 Å². The fourth-order valence-electron chi connectivity index (χ4n) is 3.54. The van der Waals surface area contributed by atoms with Gasteiger partial charge in [-0.25, -0.2) is 9.69 Å². The molecule has 4 rings (SSSR count). The first-order valence-corrected chi connectivity index (χ1v) is 13.5. The summed E-state index contributed by atoms with van der Waals surface area (Å²) in [6.07, 6.45) is 1.43. The first kappa shape index (κ1) is 27.2. The van der Waals surface area contributed by atoms with E-state index in [1.54, 1.807) is 42.5 Å². The Morgan fingerprint density at radius 1 is 1.08 bits per heavy atom. The number of urea groups is 1. The van der Waals surface area contributed by atoms with Crippen molar-refractivity contribution in [2.24, 2.45) is 0 Å². The number of halogens is 3. The summed E-state index contributed by atoms with van der Waals surface area (Å²) in [5, 5.41) is 13.2. The zero-order chi connectivity index (χ0) is 26.9. The van der Waals surface area contributed by atoms with E-state index in [1.807, 2.05) is 6.92 Å². The summed E-state index contributed by atoms with van der Waals surface area (Å²) >= 11 is 7.55. The van der Waals surface area contributed by atoms with Crippen molar-refractivity contribution in [2.45, 2.75) is 13.5 Å². The van der Waals surface area contributed by atoms with Crippen LogP contribution in [0.25, 0.3) is 6.08 Å². The highest BCUT2D eigenvalue weighted by Gasteiger charge is 2.37. The predicted molar refractivity (Wildman–Crippen MR) is 157 cm³/mol. The second-order valence-electron chi connectivity index (χ2n) is 7.92. The maximum Gasteiger partial charge on any atom is 0.335 e. The van der Waals surface area contributed by atoms with Gasteiger partial charge in [-0.2, -0.15) is 0 Å². The summed E-state index contributed by atoms with van der Waals surface area (Å²) < 4.78 is 8.17. The molecule has 0 aliphatic carbocycles. The van der Waals surface area contributed by atoms with Crippen molar-refractivity contribution in [3.05, 3.63) is 98.6 Å². The molecule has 0 unspecified atom stereocenters. The van der Waals surface area contributed by atoms with E-state index < -0.39 is 22.8 Å². The van der Waals surface area contributed by atoms with Gasteiger partial charge in [0.2, 0.25) is 0 Å². The molecule has 188 valence electrons. The van der Waals surface area contributed by atoms with E-state index in [-0.39, 0.29) is 17.9 Å². The average Bonchev–Trinajstić information content (AvgIpc) is 2.83. The number of anilines is 1. The molecule has 1 aliphatic rings. The standard InChI is InChI=1S/C25H16BrI2N3O6/c1-13-7-16(5-6-19(13)26)30-24(33)18(23(32)29-25(30)34)9-15-10-20(27)22(21(28)11-15)37-12-14-3-2-4-17(8-14)31(35)36/h2-11H,12H2,1H3,(H,29,32,34)/b18-9+. The summed E-state index contributed by atoms with van der Waals surface area (Å²) in [5.41, 5.74) is 2.17. The van der Waals surface area contributed by atoms with Crippen LogP contribution in [0.1, 0.15) is 16.7 Å². The molecule has 1 heterocycles. The molecule has 1 N–H and O–H groups in total. The van der Waals surface area contributed by atoms with E-state index in [2.05, 4.69) is 66.4 Å². The quantitative estimate of drug-likeness (QED) is 0.106. The highest BCUT2D eigenvalue weighted by atomic mass is 127. The van der Waals surface area contributed by atoms with Crippen molar-refractivity contribution in [1.29, 1.82) is 0 Å². The Kier molecular flexibility index (Phi) is 8.28. The molecule has 1 fully saturated rings. The summed E-state index contributed by atoms with van der Waals surface area (Å²) in [6, 6.07) is 13.9. The fourth-order valence-corrected chi connectivity index (χ4v) is 5.92. The Hall–Kier alpha value is -2.85. The Morgan fingerprint density at radius 2 is 1.78 bits per heavy atom. The average molecular weight is 788 g/mol. The van der Waals surface area contributed by atoms with Crippen molar-refractivity contribution < 1.29 is 24.0 Å². The molecule has 0 atom stereocenters. The second kappa shape index (κ2) is 11.3. The first-order chi connectivity index (χ1) is 17.5. The van der Waals surface area contributed by atoms with Crippen molar-refractivity contribution in [3.8, 4) is 5.75 Å². The van der Waals surface area contributed by atoms with Crippen LogP contribution in [0.4, 0.5) is 16.2 Å². The number of imide groups is 2. The zero-order valence-electron chi connectivity index (χ0n) is 19.0. The molecule has 4 amide bonds. The minimum Gasteiger partial charge on any atom is -0.487 e. The number of carbonyl (C=O) groups excluding carboxylic acids is 3. The number of amides is 4. The van der Waals surface area contributed by atoms with Gasteiger partial charge in [0.05, 0.1) is 17.8 Å². The molecule has 9 nitrogen and oxygen atoms in total. The second-order valence-corrected chi connectivity index (χ2v) is 11.1. The maximum absolute atomic E-state index is 13.2. The lowest BCUT2D eigenvalue weighted by Crippen LogP contribution is -2.54. The molecule has 1 aliphatic heterocycles. The molecule has 0 aromatic heterocycles. The smallest absolute Gasteiger partial charge is 0.335 e. The number of nitrogens with zero attached hydrogens (tertiary/aromatic N) is 2. The van der Waals surface area contributed by atoms with Crippen LogP contribution in [0.15, 0.2) is 64.6 Å².